The quantitative estimate of drug-likeness (QED) is 0.904. The highest BCUT2D eigenvalue weighted by Gasteiger charge is 2.26. The van der Waals surface area contributed by atoms with Crippen LogP contribution >= 0.6 is 0 Å². The van der Waals surface area contributed by atoms with Gasteiger partial charge in [0.15, 0.2) is 0 Å². The molecule has 1 aliphatic rings. The van der Waals surface area contributed by atoms with Crippen molar-refractivity contribution in [3.63, 3.8) is 0 Å². The third-order valence-corrected chi connectivity index (χ3v) is 3.72. The smallest absolute Gasteiger partial charge is 0.243 e. The van der Waals surface area contributed by atoms with Crippen LogP contribution in [0.2, 0.25) is 0 Å². The van der Waals surface area contributed by atoms with Crippen LogP contribution in [-0.2, 0) is 11.2 Å². The van der Waals surface area contributed by atoms with Gasteiger partial charge in [-0.15, -0.1) is 0 Å². The Morgan fingerprint density at radius 2 is 2.25 bits per heavy atom. The summed E-state index contributed by atoms with van der Waals surface area (Å²) in [7, 11) is 0. The minimum absolute atomic E-state index is 0.0323. The SMILES string of the molecule is N#CCc1nc2ccccc2n1C1CCCCNC1=O. The van der Waals surface area contributed by atoms with Gasteiger partial charge in [0.25, 0.3) is 0 Å². The first kappa shape index (κ1) is 12.7. The summed E-state index contributed by atoms with van der Waals surface area (Å²) in [4.78, 5) is 16.8. The number of aromatic nitrogens is 2. The summed E-state index contributed by atoms with van der Waals surface area (Å²) in [6.45, 7) is 0.732. The van der Waals surface area contributed by atoms with Crippen LogP contribution in [0, 0.1) is 11.3 Å². The second kappa shape index (κ2) is 5.33. The van der Waals surface area contributed by atoms with Gasteiger partial charge in [0.1, 0.15) is 11.9 Å². The van der Waals surface area contributed by atoms with Crippen molar-refractivity contribution in [2.45, 2.75) is 31.7 Å². The molecule has 5 nitrogen and oxygen atoms in total. The molecule has 1 aliphatic heterocycles. The van der Waals surface area contributed by atoms with E-state index >= 15 is 0 Å². The average Bonchev–Trinajstić information content (AvgIpc) is 2.67. The highest BCUT2D eigenvalue weighted by atomic mass is 16.2. The predicted molar refractivity (Wildman–Crippen MR) is 74.9 cm³/mol. The highest BCUT2D eigenvalue weighted by molar-refractivity contribution is 5.84. The number of para-hydroxylation sites is 2. The van der Waals surface area contributed by atoms with Crippen molar-refractivity contribution >= 4 is 16.9 Å². The molecule has 1 amide bonds. The van der Waals surface area contributed by atoms with Crippen molar-refractivity contribution in [1.29, 1.82) is 5.26 Å². The van der Waals surface area contributed by atoms with Crippen LogP contribution in [0.4, 0.5) is 0 Å². The van der Waals surface area contributed by atoms with E-state index < -0.39 is 0 Å². The van der Waals surface area contributed by atoms with Crippen LogP contribution in [0.25, 0.3) is 11.0 Å². The second-order valence-electron chi connectivity index (χ2n) is 5.02. The zero-order chi connectivity index (χ0) is 13.9. The lowest BCUT2D eigenvalue weighted by Gasteiger charge is -2.18. The third-order valence-electron chi connectivity index (χ3n) is 3.72. The summed E-state index contributed by atoms with van der Waals surface area (Å²) < 4.78 is 1.94. The minimum Gasteiger partial charge on any atom is -0.354 e. The Balaban J connectivity index is 2.14. The summed E-state index contributed by atoms with van der Waals surface area (Å²) in [5.41, 5.74) is 1.77. The number of amides is 1. The topological polar surface area (TPSA) is 70.7 Å². The molecule has 0 saturated carbocycles. The monoisotopic (exact) mass is 268 g/mol. The van der Waals surface area contributed by atoms with Crippen molar-refractivity contribution in [1.82, 2.24) is 14.9 Å². The van der Waals surface area contributed by atoms with Crippen molar-refractivity contribution < 1.29 is 4.79 Å². The number of hydrogen-bond donors (Lipinski definition) is 1. The summed E-state index contributed by atoms with van der Waals surface area (Å²) in [6.07, 6.45) is 3.02. The maximum Gasteiger partial charge on any atom is 0.243 e. The number of hydrogen-bond acceptors (Lipinski definition) is 3. The maximum atomic E-state index is 12.3. The number of nitrogens with zero attached hydrogens (tertiary/aromatic N) is 3. The van der Waals surface area contributed by atoms with E-state index in [1.807, 2.05) is 28.8 Å². The molecule has 0 aliphatic carbocycles. The van der Waals surface area contributed by atoms with Gasteiger partial charge in [-0.25, -0.2) is 4.98 Å². The molecule has 0 bridgehead atoms. The Morgan fingerprint density at radius 1 is 1.40 bits per heavy atom. The highest BCUT2D eigenvalue weighted by Crippen LogP contribution is 2.26. The van der Waals surface area contributed by atoms with Gasteiger partial charge in [-0.2, -0.15) is 5.26 Å². The molecule has 1 fully saturated rings. The fourth-order valence-corrected chi connectivity index (χ4v) is 2.81. The van der Waals surface area contributed by atoms with Crippen LogP contribution < -0.4 is 5.32 Å². The van der Waals surface area contributed by atoms with Crippen molar-refractivity contribution in [3.8, 4) is 6.07 Å². The van der Waals surface area contributed by atoms with E-state index in [2.05, 4.69) is 16.4 Å². The number of imidazole rings is 1. The minimum atomic E-state index is -0.256. The summed E-state index contributed by atoms with van der Waals surface area (Å²) >= 11 is 0. The molecule has 1 saturated heterocycles. The van der Waals surface area contributed by atoms with Crippen LogP contribution in [-0.4, -0.2) is 22.0 Å². The van der Waals surface area contributed by atoms with E-state index in [4.69, 9.17) is 5.26 Å². The first-order valence-corrected chi connectivity index (χ1v) is 6.92. The van der Waals surface area contributed by atoms with Gasteiger partial charge in [0.2, 0.25) is 5.91 Å². The van der Waals surface area contributed by atoms with Crippen LogP contribution in [0.5, 0.6) is 0 Å². The van der Waals surface area contributed by atoms with E-state index in [1.54, 1.807) is 0 Å². The lowest BCUT2D eigenvalue weighted by atomic mass is 10.1. The van der Waals surface area contributed by atoms with Gasteiger partial charge in [-0.1, -0.05) is 12.1 Å². The van der Waals surface area contributed by atoms with Gasteiger partial charge < -0.3 is 9.88 Å². The summed E-state index contributed by atoms with van der Waals surface area (Å²) in [6, 6.07) is 9.62. The molecule has 1 aromatic heterocycles. The number of benzene rings is 1. The molecule has 1 N–H and O–H groups in total. The van der Waals surface area contributed by atoms with Gasteiger partial charge in [-0.05, 0) is 31.4 Å². The van der Waals surface area contributed by atoms with Crippen molar-refractivity contribution in [3.05, 3.63) is 30.1 Å². The standard InChI is InChI=1S/C15H16N4O/c16-9-8-14-18-11-5-1-2-6-12(11)19(14)13-7-3-4-10-17-15(13)20/h1-2,5-6,13H,3-4,7-8,10H2,(H,17,20). The Kier molecular flexibility index (Phi) is 3.38. The first-order valence-electron chi connectivity index (χ1n) is 6.92. The third kappa shape index (κ3) is 2.14. The molecule has 1 atom stereocenters. The molecule has 5 heteroatoms. The lowest BCUT2D eigenvalue weighted by Crippen LogP contribution is -2.31. The molecule has 2 aromatic rings. The number of rotatable bonds is 2. The molecule has 0 radical (unpaired) electrons. The van der Waals surface area contributed by atoms with E-state index in [-0.39, 0.29) is 18.4 Å². The number of carbonyl (C=O) groups excluding carboxylic acids is 1. The zero-order valence-corrected chi connectivity index (χ0v) is 11.2. The molecule has 2 heterocycles. The summed E-state index contributed by atoms with van der Waals surface area (Å²) in [5.74, 6) is 0.709. The zero-order valence-electron chi connectivity index (χ0n) is 11.2. The molecule has 102 valence electrons. The van der Waals surface area contributed by atoms with E-state index in [0.29, 0.717) is 5.82 Å². The van der Waals surface area contributed by atoms with Crippen LogP contribution in [0.1, 0.15) is 31.1 Å². The van der Waals surface area contributed by atoms with E-state index in [0.717, 1.165) is 36.8 Å². The molecule has 3 rings (SSSR count). The molecular formula is C15H16N4O. The molecule has 1 aromatic carbocycles. The predicted octanol–water partition coefficient (Wildman–Crippen LogP) is 1.94. The fourth-order valence-electron chi connectivity index (χ4n) is 2.81. The van der Waals surface area contributed by atoms with Gasteiger partial charge in [0.05, 0.1) is 23.5 Å². The molecule has 1 unspecified atom stereocenters. The lowest BCUT2D eigenvalue weighted by molar-refractivity contribution is -0.124. The molecule has 20 heavy (non-hydrogen) atoms. The Hall–Kier alpha value is -2.35. The van der Waals surface area contributed by atoms with E-state index in [1.165, 1.54) is 0 Å². The first-order chi connectivity index (χ1) is 9.81. The van der Waals surface area contributed by atoms with Crippen molar-refractivity contribution in [2.75, 3.05) is 6.54 Å². The van der Waals surface area contributed by atoms with Gasteiger partial charge in [0, 0.05) is 6.54 Å². The average molecular weight is 268 g/mol. The van der Waals surface area contributed by atoms with Gasteiger partial charge >= 0.3 is 0 Å². The Bertz CT molecular complexity index is 683. The fraction of sp³-hybridized carbons (Fsp3) is 0.400. The largest absolute Gasteiger partial charge is 0.354 e. The number of nitrogens with one attached hydrogen (secondary N) is 1. The maximum absolute atomic E-state index is 12.3. The Morgan fingerprint density at radius 3 is 3.10 bits per heavy atom. The van der Waals surface area contributed by atoms with Crippen molar-refractivity contribution in [2.24, 2.45) is 0 Å². The van der Waals surface area contributed by atoms with Crippen LogP contribution in [0.3, 0.4) is 0 Å². The number of fused-ring (bicyclic) bond motifs is 1. The van der Waals surface area contributed by atoms with Crippen LogP contribution in [0.15, 0.2) is 24.3 Å². The number of nitriles is 1. The molecule has 0 spiro atoms. The second-order valence-corrected chi connectivity index (χ2v) is 5.02. The Labute approximate surface area is 117 Å². The van der Waals surface area contributed by atoms with Gasteiger partial charge in [-0.3, -0.25) is 4.79 Å². The number of carbonyl (C=O) groups is 1. The molecular weight excluding hydrogens is 252 g/mol. The summed E-state index contributed by atoms with van der Waals surface area (Å²) in [5, 5.41) is 11.9. The van der Waals surface area contributed by atoms with E-state index in [9.17, 15) is 4.79 Å². The normalized spacial score (nSPS) is 19.4.